The molecule has 2 N–H and O–H groups in total. The maximum absolute atomic E-state index is 11.6. The molecular formula is C17H22N4O2. The van der Waals surface area contributed by atoms with Crippen LogP contribution in [0.3, 0.4) is 0 Å². The van der Waals surface area contributed by atoms with Crippen molar-refractivity contribution in [3.8, 4) is 11.4 Å². The van der Waals surface area contributed by atoms with Crippen molar-refractivity contribution >= 4 is 11.7 Å². The van der Waals surface area contributed by atoms with Crippen LogP contribution in [0.25, 0.3) is 11.4 Å². The van der Waals surface area contributed by atoms with Gasteiger partial charge in [-0.15, -0.1) is 0 Å². The van der Waals surface area contributed by atoms with E-state index in [4.69, 9.17) is 10.5 Å². The summed E-state index contributed by atoms with van der Waals surface area (Å²) in [5, 5.41) is 4.64. The molecule has 23 heavy (non-hydrogen) atoms. The molecule has 2 heterocycles. The van der Waals surface area contributed by atoms with Gasteiger partial charge in [-0.05, 0) is 44.2 Å². The minimum Gasteiger partial charge on any atom is -0.469 e. The molecule has 0 radical (unpaired) electrons. The minimum atomic E-state index is -0.104. The maximum atomic E-state index is 11.6. The number of nitrogens with zero attached hydrogens (tertiary/aromatic N) is 3. The molecule has 3 rings (SSSR count). The van der Waals surface area contributed by atoms with Crippen LogP contribution >= 0.6 is 0 Å². The van der Waals surface area contributed by atoms with Gasteiger partial charge in [0.2, 0.25) is 0 Å². The second-order valence-electron chi connectivity index (χ2n) is 6.16. The Labute approximate surface area is 135 Å². The lowest BCUT2D eigenvalue weighted by molar-refractivity contribution is -0.146. The first-order valence-corrected chi connectivity index (χ1v) is 7.94. The van der Waals surface area contributed by atoms with Crippen molar-refractivity contribution in [2.45, 2.75) is 38.6 Å². The summed E-state index contributed by atoms with van der Waals surface area (Å²) in [4.78, 5) is 16.0. The molecule has 0 spiro atoms. The number of rotatable bonds is 3. The molecule has 0 atom stereocenters. The first kappa shape index (κ1) is 15.5. The lowest BCUT2D eigenvalue weighted by atomic mass is 9.86. The van der Waals surface area contributed by atoms with Gasteiger partial charge in [-0.2, -0.15) is 5.10 Å². The zero-order chi connectivity index (χ0) is 16.4. The van der Waals surface area contributed by atoms with E-state index in [2.05, 4.69) is 10.1 Å². The zero-order valence-electron chi connectivity index (χ0n) is 13.5. The van der Waals surface area contributed by atoms with Gasteiger partial charge in [0.05, 0.1) is 30.5 Å². The quantitative estimate of drug-likeness (QED) is 0.881. The number of nitrogen functional groups attached to an aromatic ring is 1. The van der Waals surface area contributed by atoms with Crippen LogP contribution in [0.1, 0.15) is 37.3 Å². The Morgan fingerprint density at radius 3 is 2.65 bits per heavy atom. The summed E-state index contributed by atoms with van der Waals surface area (Å²) in [6, 6.07) is 4.21. The number of esters is 1. The van der Waals surface area contributed by atoms with E-state index in [-0.39, 0.29) is 17.9 Å². The number of aromatic nitrogens is 3. The van der Waals surface area contributed by atoms with Crippen molar-refractivity contribution in [3.05, 3.63) is 30.1 Å². The Morgan fingerprint density at radius 1 is 1.30 bits per heavy atom. The second-order valence-corrected chi connectivity index (χ2v) is 6.16. The highest BCUT2D eigenvalue weighted by molar-refractivity contribution is 5.72. The highest BCUT2D eigenvalue weighted by Gasteiger charge is 2.28. The van der Waals surface area contributed by atoms with Gasteiger partial charge in [-0.25, -0.2) is 0 Å². The van der Waals surface area contributed by atoms with Crippen LogP contribution in [0.2, 0.25) is 0 Å². The molecule has 0 bridgehead atoms. The standard InChI is InChI=1S/C17H22N4O2/c1-11-3-8-15(19-9-11)16-14(18)10-21(20-16)13-6-4-12(5-7-13)17(22)23-2/h3,8-10,12-13H,4-7,18H2,1-2H3. The minimum absolute atomic E-state index is 0.0161. The van der Waals surface area contributed by atoms with E-state index in [1.807, 2.05) is 36.1 Å². The molecule has 0 aliphatic heterocycles. The number of anilines is 1. The van der Waals surface area contributed by atoms with Crippen molar-refractivity contribution in [2.24, 2.45) is 5.92 Å². The molecule has 6 nitrogen and oxygen atoms in total. The molecule has 1 aliphatic rings. The van der Waals surface area contributed by atoms with Gasteiger partial charge in [0.25, 0.3) is 0 Å². The molecule has 0 saturated heterocycles. The fourth-order valence-corrected chi connectivity index (χ4v) is 3.14. The van der Waals surface area contributed by atoms with E-state index in [1.54, 1.807) is 0 Å². The average Bonchev–Trinajstić information content (AvgIpc) is 2.97. The highest BCUT2D eigenvalue weighted by Crippen LogP contribution is 2.34. The predicted molar refractivity (Wildman–Crippen MR) is 87.6 cm³/mol. The van der Waals surface area contributed by atoms with E-state index in [9.17, 15) is 4.79 Å². The summed E-state index contributed by atoms with van der Waals surface area (Å²) >= 11 is 0. The highest BCUT2D eigenvalue weighted by atomic mass is 16.5. The Bertz CT molecular complexity index is 685. The Morgan fingerprint density at radius 2 is 2.04 bits per heavy atom. The van der Waals surface area contributed by atoms with Crippen molar-refractivity contribution < 1.29 is 9.53 Å². The SMILES string of the molecule is COC(=O)C1CCC(n2cc(N)c(-c3ccc(C)cn3)n2)CC1. The number of aryl methyl sites for hydroxylation is 1. The summed E-state index contributed by atoms with van der Waals surface area (Å²) in [6.07, 6.45) is 7.16. The van der Waals surface area contributed by atoms with Crippen molar-refractivity contribution in [2.75, 3.05) is 12.8 Å². The average molecular weight is 314 g/mol. The van der Waals surface area contributed by atoms with Gasteiger partial charge in [-0.1, -0.05) is 6.07 Å². The van der Waals surface area contributed by atoms with Crippen LogP contribution in [0.4, 0.5) is 5.69 Å². The Kier molecular flexibility index (Phi) is 4.32. The third-order valence-corrected chi connectivity index (χ3v) is 4.52. The fourth-order valence-electron chi connectivity index (χ4n) is 3.14. The molecule has 1 saturated carbocycles. The monoisotopic (exact) mass is 314 g/mol. The number of methoxy groups -OCH3 is 1. The summed E-state index contributed by atoms with van der Waals surface area (Å²) < 4.78 is 6.76. The molecule has 1 aliphatic carbocycles. The summed E-state index contributed by atoms with van der Waals surface area (Å²) in [6.45, 7) is 2.00. The third kappa shape index (κ3) is 3.21. The molecule has 0 unspecified atom stereocenters. The van der Waals surface area contributed by atoms with Crippen molar-refractivity contribution in [1.82, 2.24) is 14.8 Å². The van der Waals surface area contributed by atoms with Gasteiger partial charge >= 0.3 is 5.97 Å². The van der Waals surface area contributed by atoms with E-state index < -0.39 is 0 Å². The summed E-state index contributed by atoms with van der Waals surface area (Å²) in [7, 11) is 1.45. The van der Waals surface area contributed by atoms with E-state index in [0.717, 1.165) is 42.6 Å². The molecule has 0 aromatic carbocycles. The van der Waals surface area contributed by atoms with Crippen LogP contribution in [0.15, 0.2) is 24.5 Å². The second kappa shape index (κ2) is 6.40. The molecular weight excluding hydrogens is 292 g/mol. The molecule has 122 valence electrons. The molecule has 2 aromatic heterocycles. The zero-order valence-corrected chi connectivity index (χ0v) is 13.5. The normalized spacial score (nSPS) is 21.1. The van der Waals surface area contributed by atoms with Crippen LogP contribution in [-0.4, -0.2) is 27.8 Å². The van der Waals surface area contributed by atoms with Gasteiger partial charge in [-0.3, -0.25) is 14.5 Å². The van der Waals surface area contributed by atoms with Crippen LogP contribution in [-0.2, 0) is 9.53 Å². The van der Waals surface area contributed by atoms with Crippen molar-refractivity contribution in [3.63, 3.8) is 0 Å². The van der Waals surface area contributed by atoms with E-state index in [0.29, 0.717) is 5.69 Å². The number of hydrogen-bond acceptors (Lipinski definition) is 5. The van der Waals surface area contributed by atoms with Crippen LogP contribution < -0.4 is 5.73 Å². The number of carbonyl (C=O) groups is 1. The van der Waals surface area contributed by atoms with Gasteiger partial charge in [0.1, 0.15) is 5.69 Å². The predicted octanol–water partition coefficient (Wildman–Crippen LogP) is 2.74. The molecule has 2 aromatic rings. The molecule has 6 heteroatoms. The lowest BCUT2D eigenvalue weighted by Crippen LogP contribution is -2.24. The number of pyridine rings is 1. The van der Waals surface area contributed by atoms with Gasteiger partial charge in [0, 0.05) is 12.4 Å². The van der Waals surface area contributed by atoms with E-state index >= 15 is 0 Å². The van der Waals surface area contributed by atoms with Gasteiger partial charge in [0.15, 0.2) is 0 Å². The van der Waals surface area contributed by atoms with Crippen molar-refractivity contribution in [1.29, 1.82) is 0 Å². The maximum Gasteiger partial charge on any atom is 0.308 e. The first-order chi connectivity index (χ1) is 11.1. The Hall–Kier alpha value is -2.37. The number of nitrogens with two attached hydrogens (primary N) is 1. The largest absolute Gasteiger partial charge is 0.469 e. The number of hydrogen-bond donors (Lipinski definition) is 1. The summed E-state index contributed by atoms with van der Waals surface area (Å²) in [5.41, 5.74) is 9.37. The number of carbonyl (C=O) groups excluding carboxylic acids is 1. The molecule has 0 amide bonds. The first-order valence-electron chi connectivity index (χ1n) is 7.94. The van der Waals surface area contributed by atoms with Gasteiger partial charge < -0.3 is 10.5 Å². The van der Waals surface area contributed by atoms with E-state index in [1.165, 1.54) is 7.11 Å². The topological polar surface area (TPSA) is 83.0 Å². The fraction of sp³-hybridized carbons (Fsp3) is 0.471. The number of ether oxygens (including phenoxy) is 1. The Balaban J connectivity index is 1.74. The van der Waals surface area contributed by atoms with Crippen LogP contribution in [0, 0.1) is 12.8 Å². The third-order valence-electron chi connectivity index (χ3n) is 4.52. The smallest absolute Gasteiger partial charge is 0.308 e. The summed E-state index contributed by atoms with van der Waals surface area (Å²) in [5.74, 6) is -0.0876. The van der Waals surface area contributed by atoms with Crippen LogP contribution in [0.5, 0.6) is 0 Å². The molecule has 1 fully saturated rings. The lowest BCUT2D eigenvalue weighted by Gasteiger charge is -2.27.